The first-order valence-electron chi connectivity index (χ1n) is 10.4. The van der Waals surface area contributed by atoms with Gasteiger partial charge in [-0.25, -0.2) is 0 Å². The predicted octanol–water partition coefficient (Wildman–Crippen LogP) is 5.41. The van der Waals surface area contributed by atoms with Crippen molar-refractivity contribution in [2.75, 3.05) is 0 Å². The first-order chi connectivity index (χ1) is 15.8. The Labute approximate surface area is 189 Å². The molecule has 5 rings (SSSR count). The maximum absolute atomic E-state index is 5.60. The summed E-state index contributed by atoms with van der Waals surface area (Å²) < 4.78 is 13.1. The van der Waals surface area contributed by atoms with Crippen LogP contribution in [-0.2, 0) is 12.3 Å². The second-order valence-corrected chi connectivity index (χ2v) is 8.06. The van der Waals surface area contributed by atoms with Gasteiger partial charge < -0.3 is 8.94 Å². The van der Waals surface area contributed by atoms with Crippen LogP contribution in [0, 0.1) is 0 Å². The average molecular weight is 444 g/mol. The highest BCUT2D eigenvalue weighted by atomic mass is 32.2. The van der Waals surface area contributed by atoms with E-state index in [-0.39, 0.29) is 5.92 Å². The van der Waals surface area contributed by atoms with E-state index in [1.54, 1.807) is 6.26 Å². The number of hydrogen-bond donors (Lipinski definition) is 0. The minimum atomic E-state index is -0.0928. The summed E-state index contributed by atoms with van der Waals surface area (Å²) in [5, 5.41) is 13.7. The van der Waals surface area contributed by atoms with E-state index in [1.807, 2.05) is 53.1 Å². The van der Waals surface area contributed by atoms with Gasteiger partial charge in [0.1, 0.15) is 0 Å². The Kier molecular flexibility index (Phi) is 5.85. The summed E-state index contributed by atoms with van der Waals surface area (Å²) in [5.41, 5.74) is 2.24. The van der Waals surface area contributed by atoms with Crippen LogP contribution in [0.1, 0.15) is 35.7 Å². The van der Waals surface area contributed by atoms with Crippen LogP contribution >= 0.6 is 11.8 Å². The van der Waals surface area contributed by atoms with Crippen molar-refractivity contribution >= 4 is 11.8 Å². The molecule has 0 aliphatic rings. The molecular formula is C24H21N5O2S. The van der Waals surface area contributed by atoms with Crippen molar-refractivity contribution in [2.24, 2.45) is 0 Å². The Hall–Kier alpha value is -3.65. The zero-order valence-electron chi connectivity index (χ0n) is 17.5. The fourth-order valence-electron chi connectivity index (χ4n) is 3.62. The number of rotatable bonds is 8. The largest absolute Gasteiger partial charge is 0.461 e. The lowest BCUT2D eigenvalue weighted by Gasteiger charge is -2.14. The van der Waals surface area contributed by atoms with E-state index >= 15 is 0 Å². The molecule has 0 radical (unpaired) electrons. The van der Waals surface area contributed by atoms with Gasteiger partial charge in [0, 0.05) is 6.54 Å². The molecule has 0 saturated carbocycles. The van der Waals surface area contributed by atoms with Crippen molar-refractivity contribution in [3.05, 3.63) is 102 Å². The molecule has 7 nitrogen and oxygen atoms in total. The molecule has 0 unspecified atom stereocenters. The van der Waals surface area contributed by atoms with Crippen LogP contribution < -0.4 is 0 Å². The van der Waals surface area contributed by atoms with E-state index < -0.39 is 0 Å². The Morgan fingerprint density at radius 1 is 0.906 bits per heavy atom. The highest BCUT2D eigenvalue weighted by molar-refractivity contribution is 7.98. The lowest BCUT2D eigenvalue weighted by atomic mass is 9.91. The topological polar surface area (TPSA) is 82.8 Å². The van der Waals surface area contributed by atoms with Crippen LogP contribution in [0.25, 0.3) is 11.6 Å². The van der Waals surface area contributed by atoms with E-state index in [0.717, 1.165) is 22.8 Å². The van der Waals surface area contributed by atoms with E-state index in [0.29, 0.717) is 29.1 Å². The van der Waals surface area contributed by atoms with Crippen molar-refractivity contribution in [3.63, 3.8) is 0 Å². The van der Waals surface area contributed by atoms with Gasteiger partial charge in [0.05, 0.1) is 17.9 Å². The number of furan rings is 1. The number of benzene rings is 2. The maximum Gasteiger partial charge on any atom is 0.237 e. The molecule has 3 aromatic heterocycles. The smallest absolute Gasteiger partial charge is 0.237 e. The van der Waals surface area contributed by atoms with Gasteiger partial charge in [0.15, 0.2) is 22.6 Å². The summed E-state index contributed by atoms with van der Waals surface area (Å²) in [4.78, 5) is 4.72. The minimum absolute atomic E-state index is 0.0928. The SMILES string of the molecule is CCn1c(SCc2nc(C(c3ccccc3)c3ccccc3)no2)nnc1-c1ccco1. The van der Waals surface area contributed by atoms with Crippen LogP contribution in [0.2, 0.25) is 0 Å². The van der Waals surface area contributed by atoms with Crippen molar-refractivity contribution in [3.8, 4) is 11.6 Å². The molecule has 160 valence electrons. The van der Waals surface area contributed by atoms with E-state index in [9.17, 15) is 0 Å². The number of aromatic nitrogens is 5. The summed E-state index contributed by atoms with van der Waals surface area (Å²) in [6.45, 7) is 2.78. The van der Waals surface area contributed by atoms with Crippen molar-refractivity contribution in [1.82, 2.24) is 24.9 Å². The zero-order valence-corrected chi connectivity index (χ0v) is 18.3. The Balaban J connectivity index is 1.38. The summed E-state index contributed by atoms with van der Waals surface area (Å²) in [6, 6.07) is 24.2. The van der Waals surface area contributed by atoms with E-state index in [4.69, 9.17) is 13.9 Å². The second-order valence-electron chi connectivity index (χ2n) is 7.12. The number of nitrogens with zero attached hydrogens (tertiary/aromatic N) is 5. The summed E-state index contributed by atoms with van der Waals surface area (Å²) in [7, 11) is 0. The van der Waals surface area contributed by atoms with Gasteiger partial charge in [-0.1, -0.05) is 77.6 Å². The molecular weight excluding hydrogens is 422 g/mol. The van der Waals surface area contributed by atoms with Crippen LogP contribution in [0.4, 0.5) is 0 Å². The third-order valence-corrected chi connectivity index (χ3v) is 6.06. The van der Waals surface area contributed by atoms with Gasteiger partial charge in [-0.05, 0) is 30.2 Å². The quantitative estimate of drug-likeness (QED) is 0.296. The molecule has 0 bridgehead atoms. The first-order valence-corrected chi connectivity index (χ1v) is 11.3. The maximum atomic E-state index is 5.60. The molecule has 8 heteroatoms. The van der Waals surface area contributed by atoms with Crippen LogP contribution in [0.5, 0.6) is 0 Å². The third-order valence-electron chi connectivity index (χ3n) is 5.11. The van der Waals surface area contributed by atoms with Crippen LogP contribution in [0.3, 0.4) is 0 Å². The monoisotopic (exact) mass is 443 g/mol. The molecule has 0 fully saturated rings. The van der Waals surface area contributed by atoms with Crippen LogP contribution in [0.15, 0.2) is 93.2 Å². The fraction of sp³-hybridized carbons (Fsp3) is 0.167. The molecule has 2 aromatic carbocycles. The third kappa shape index (κ3) is 4.09. The van der Waals surface area contributed by atoms with Gasteiger partial charge in [0.25, 0.3) is 0 Å². The normalized spacial score (nSPS) is 11.3. The molecule has 0 spiro atoms. The minimum Gasteiger partial charge on any atom is -0.461 e. The Bertz CT molecular complexity index is 1230. The van der Waals surface area contributed by atoms with Crippen molar-refractivity contribution in [1.29, 1.82) is 0 Å². The van der Waals surface area contributed by atoms with Crippen molar-refractivity contribution in [2.45, 2.75) is 30.3 Å². The number of hydrogen-bond acceptors (Lipinski definition) is 7. The molecule has 0 saturated heterocycles. The highest BCUT2D eigenvalue weighted by Crippen LogP contribution is 2.31. The van der Waals surface area contributed by atoms with Gasteiger partial charge in [-0.15, -0.1) is 10.2 Å². The summed E-state index contributed by atoms with van der Waals surface area (Å²) >= 11 is 1.51. The van der Waals surface area contributed by atoms with E-state index in [1.165, 1.54) is 11.8 Å². The molecule has 0 atom stereocenters. The molecule has 0 amide bonds. The van der Waals surface area contributed by atoms with Gasteiger partial charge >= 0.3 is 0 Å². The zero-order chi connectivity index (χ0) is 21.8. The summed E-state index contributed by atoms with van der Waals surface area (Å²) in [5.74, 6) is 3.00. The Morgan fingerprint density at radius 3 is 2.25 bits per heavy atom. The highest BCUT2D eigenvalue weighted by Gasteiger charge is 2.23. The first kappa shape index (κ1) is 20.3. The predicted molar refractivity (Wildman–Crippen MR) is 121 cm³/mol. The van der Waals surface area contributed by atoms with Gasteiger partial charge in [-0.3, -0.25) is 4.57 Å². The molecule has 0 N–H and O–H groups in total. The molecule has 3 heterocycles. The standard InChI is InChI=1S/C24H21N5O2S/c1-2-29-23(19-14-9-15-30-19)26-27-24(29)32-16-20-25-22(28-31-20)21(17-10-5-3-6-11-17)18-12-7-4-8-13-18/h3-15,21H,2,16H2,1H3. The number of thioether (sulfide) groups is 1. The van der Waals surface area contributed by atoms with Gasteiger partial charge in [0.2, 0.25) is 5.89 Å². The average Bonchev–Trinajstić information content (AvgIpc) is 3.60. The second kappa shape index (κ2) is 9.23. The Morgan fingerprint density at radius 2 is 1.62 bits per heavy atom. The molecule has 0 aliphatic carbocycles. The molecule has 32 heavy (non-hydrogen) atoms. The lowest BCUT2D eigenvalue weighted by molar-refractivity contribution is 0.384. The lowest BCUT2D eigenvalue weighted by Crippen LogP contribution is -2.05. The van der Waals surface area contributed by atoms with Gasteiger partial charge in [-0.2, -0.15) is 4.98 Å². The van der Waals surface area contributed by atoms with E-state index in [2.05, 4.69) is 46.5 Å². The summed E-state index contributed by atoms with van der Waals surface area (Å²) in [6.07, 6.45) is 1.63. The van der Waals surface area contributed by atoms with Crippen LogP contribution in [-0.4, -0.2) is 24.9 Å². The van der Waals surface area contributed by atoms with Crippen molar-refractivity contribution < 1.29 is 8.94 Å². The molecule has 0 aliphatic heterocycles. The fourth-order valence-corrected chi connectivity index (χ4v) is 4.46. The molecule has 5 aromatic rings.